The Labute approximate surface area is 80.8 Å². The highest BCUT2D eigenvalue weighted by molar-refractivity contribution is 5.81. The fourth-order valence-electron chi connectivity index (χ4n) is 1.19. The average Bonchev–Trinajstić information content (AvgIpc) is 2.94. The number of carbonyl (C=O) groups excluding carboxylic acids is 1. The van der Waals surface area contributed by atoms with Gasteiger partial charge in [-0.1, -0.05) is 13.8 Å². The second kappa shape index (κ2) is 6.89. The van der Waals surface area contributed by atoms with Crippen LogP contribution in [0.4, 0.5) is 0 Å². The zero-order valence-electron chi connectivity index (χ0n) is 9.09. The molecule has 1 saturated carbocycles. The van der Waals surface area contributed by atoms with Crippen LogP contribution < -0.4 is 5.32 Å². The molecule has 0 radical (unpaired) electrons. The molecule has 0 saturated heterocycles. The first kappa shape index (κ1) is 12.4. The van der Waals surface area contributed by atoms with E-state index in [1.165, 1.54) is 0 Å². The fourth-order valence-corrected chi connectivity index (χ4v) is 1.19. The zero-order chi connectivity index (χ0) is 10.3. The number of amides is 1. The summed E-state index contributed by atoms with van der Waals surface area (Å²) in [5, 5.41) is 2.75. The highest BCUT2D eigenvalue weighted by atomic mass is 16.5. The third-order valence-electron chi connectivity index (χ3n) is 1.91. The summed E-state index contributed by atoms with van der Waals surface area (Å²) in [4.78, 5) is 11.2. The Kier molecular flexibility index (Phi) is 6.59. The van der Waals surface area contributed by atoms with Gasteiger partial charge in [-0.25, -0.2) is 0 Å². The van der Waals surface area contributed by atoms with Crippen LogP contribution in [-0.2, 0) is 9.53 Å². The molecule has 1 unspecified atom stereocenters. The van der Waals surface area contributed by atoms with Gasteiger partial charge in [-0.2, -0.15) is 0 Å². The molecule has 1 rings (SSSR count). The summed E-state index contributed by atoms with van der Waals surface area (Å²) in [6.45, 7) is 6.60. The molecular weight excluding hydrogens is 166 g/mol. The lowest BCUT2D eigenvalue weighted by Gasteiger charge is -2.12. The Morgan fingerprint density at radius 2 is 2.08 bits per heavy atom. The lowest BCUT2D eigenvalue weighted by Crippen LogP contribution is -2.36. The molecule has 1 amide bonds. The van der Waals surface area contributed by atoms with E-state index in [9.17, 15) is 4.79 Å². The predicted octanol–water partition coefficient (Wildman–Crippen LogP) is 1.57. The molecule has 0 aromatic carbocycles. The molecule has 1 atom stereocenters. The molecule has 13 heavy (non-hydrogen) atoms. The number of rotatable bonds is 4. The lowest BCUT2D eigenvalue weighted by atomic mass is 10.2. The molecule has 0 heterocycles. The van der Waals surface area contributed by atoms with Gasteiger partial charge in [0.2, 0.25) is 5.91 Å². The topological polar surface area (TPSA) is 38.3 Å². The molecule has 0 aromatic rings. The molecule has 1 aliphatic rings. The summed E-state index contributed by atoms with van der Waals surface area (Å²) < 4.78 is 5.08. The maximum absolute atomic E-state index is 11.2. The van der Waals surface area contributed by atoms with Crippen LogP contribution in [0.5, 0.6) is 0 Å². The second-order valence-corrected chi connectivity index (χ2v) is 2.89. The smallest absolute Gasteiger partial charge is 0.249 e. The zero-order valence-corrected chi connectivity index (χ0v) is 9.09. The summed E-state index contributed by atoms with van der Waals surface area (Å²) >= 11 is 0. The van der Waals surface area contributed by atoms with Crippen molar-refractivity contribution < 1.29 is 9.53 Å². The van der Waals surface area contributed by atoms with Crippen molar-refractivity contribution in [2.45, 2.75) is 39.7 Å². The van der Waals surface area contributed by atoms with Crippen LogP contribution in [0.3, 0.4) is 0 Å². The minimum absolute atomic E-state index is 0.0394. The first-order valence-electron chi connectivity index (χ1n) is 5.10. The predicted molar refractivity (Wildman–Crippen MR) is 53.6 cm³/mol. The van der Waals surface area contributed by atoms with E-state index in [0.717, 1.165) is 12.8 Å². The van der Waals surface area contributed by atoms with Gasteiger partial charge < -0.3 is 10.1 Å². The Bertz CT molecular complexity index is 144. The average molecular weight is 187 g/mol. The van der Waals surface area contributed by atoms with Gasteiger partial charge in [-0.3, -0.25) is 4.79 Å². The SMILES string of the molecule is CC.CCNC(=O)C(OC)C1CC1. The molecule has 1 fully saturated rings. The number of hydrogen-bond donors (Lipinski definition) is 1. The van der Waals surface area contributed by atoms with Gasteiger partial charge in [0.1, 0.15) is 6.10 Å². The van der Waals surface area contributed by atoms with Crippen LogP contribution in [-0.4, -0.2) is 25.7 Å². The largest absolute Gasteiger partial charge is 0.371 e. The third-order valence-corrected chi connectivity index (χ3v) is 1.91. The molecule has 3 heteroatoms. The van der Waals surface area contributed by atoms with E-state index < -0.39 is 0 Å². The van der Waals surface area contributed by atoms with E-state index in [2.05, 4.69) is 5.32 Å². The van der Waals surface area contributed by atoms with Crippen molar-refractivity contribution in [3.8, 4) is 0 Å². The number of hydrogen-bond acceptors (Lipinski definition) is 2. The Morgan fingerprint density at radius 3 is 2.38 bits per heavy atom. The molecule has 0 aliphatic heterocycles. The van der Waals surface area contributed by atoms with Gasteiger partial charge in [-0.15, -0.1) is 0 Å². The van der Waals surface area contributed by atoms with Crippen LogP contribution >= 0.6 is 0 Å². The minimum atomic E-state index is -0.199. The maximum Gasteiger partial charge on any atom is 0.249 e. The Morgan fingerprint density at radius 1 is 1.54 bits per heavy atom. The summed E-state index contributed by atoms with van der Waals surface area (Å²) in [7, 11) is 1.60. The van der Waals surface area contributed by atoms with Crippen LogP contribution in [0.15, 0.2) is 0 Å². The number of ether oxygens (including phenoxy) is 1. The van der Waals surface area contributed by atoms with Crippen LogP contribution in [0.25, 0.3) is 0 Å². The van der Waals surface area contributed by atoms with Gasteiger partial charge in [0.25, 0.3) is 0 Å². The number of carbonyl (C=O) groups is 1. The van der Waals surface area contributed by atoms with Gasteiger partial charge in [0, 0.05) is 13.7 Å². The van der Waals surface area contributed by atoms with Crippen molar-refractivity contribution in [1.82, 2.24) is 5.32 Å². The van der Waals surface area contributed by atoms with Crippen molar-refractivity contribution in [3.63, 3.8) is 0 Å². The highest BCUT2D eigenvalue weighted by Gasteiger charge is 2.35. The van der Waals surface area contributed by atoms with E-state index in [4.69, 9.17) is 4.74 Å². The maximum atomic E-state index is 11.2. The summed E-state index contributed by atoms with van der Waals surface area (Å²) in [6.07, 6.45) is 2.07. The van der Waals surface area contributed by atoms with E-state index in [1.807, 2.05) is 20.8 Å². The molecule has 3 nitrogen and oxygen atoms in total. The Hall–Kier alpha value is -0.570. The number of nitrogens with one attached hydrogen (secondary N) is 1. The molecule has 0 aromatic heterocycles. The summed E-state index contributed by atoms with van der Waals surface area (Å²) in [5.41, 5.74) is 0. The van der Waals surface area contributed by atoms with Gasteiger partial charge in [0.15, 0.2) is 0 Å². The lowest BCUT2D eigenvalue weighted by molar-refractivity contribution is -0.132. The number of methoxy groups -OCH3 is 1. The van der Waals surface area contributed by atoms with Gasteiger partial charge in [0.05, 0.1) is 0 Å². The van der Waals surface area contributed by atoms with E-state index in [0.29, 0.717) is 12.5 Å². The summed E-state index contributed by atoms with van der Waals surface area (Å²) in [5.74, 6) is 0.518. The first-order valence-corrected chi connectivity index (χ1v) is 5.10. The quantitative estimate of drug-likeness (QED) is 0.725. The van der Waals surface area contributed by atoms with Crippen LogP contribution in [0.2, 0.25) is 0 Å². The van der Waals surface area contributed by atoms with Crippen molar-refractivity contribution >= 4 is 5.91 Å². The van der Waals surface area contributed by atoms with Gasteiger partial charge in [-0.05, 0) is 25.7 Å². The van der Waals surface area contributed by atoms with E-state index in [-0.39, 0.29) is 12.0 Å². The van der Waals surface area contributed by atoms with Crippen LogP contribution in [0, 0.1) is 5.92 Å². The molecule has 78 valence electrons. The Balaban J connectivity index is 0.000000671. The van der Waals surface area contributed by atoms with Gasteiger partial charge >= 0.3 is 0 Å². The van der Waals surface area contributed by atoms with E-state index in [1.54, 1.807) is 7.11 Å². The molecular formula is C10H21NO2. The normalized spacial score (nSPS) is 16.9. The van der Waals surface area contributed by atoms with Crippen molar-refractivity contribution in [1.29, 1.82) is 0 Å². The highest BCUT2D eigenvalue weighted by Crippen LogP contribution is 2.33. The van der Waals surface area contributed by atoms with E-state index >= 15 is 0 Å². The second-order valence-electron chi connectivity index (χ2n) is 2.89. The number of likely N-dealkylation sites (N-methyl/N-ethyl adjacent to an activating group) is 1. The molecule has 0 bridgehead atoms. The minimum Gasteiger partial charge on any atom is -0.371 e. The fraction of sp³-hybridized carbons (Fsp3) is 0.900. The molecule has 0 spiro atoms. The third kappa shape index (κ3) is 4.27. The van der Waals surface area contributed by atoms with Crippen molar-refractivity contribution in [2.75, 3.05) is 13.7 Å². The summed E-state index contributed by atoms with van der Waals surface area (Å²) in [6, 6.07) is 0. The standard InChI is InChI=1S/C8H15NO2.C2H6/c1-3-9-8(10)7(11-2)6-4-5-6;1-2/h6-7H,3-5H2,1-2H3,(H,9,10);1-2H3. The van der Waals surface area contributed by atoms with Crippen molar-refractivity contribution in [3.05, 3.63) is 0 Å². The monoisotopic (exact) mass is 187 g/mol. The van der Waals surface area contributed by atoms with Crippen LogP contribution in [0.1, 0.15) is 33.6 Å². The van der Waals surface area contributed by atoms with Crippen molar-refractivity contribution in [2.24, 2.45) is 5.92 Å². The first-order chi connectivity index (χ1) is 6.29. The molecule has 1 N–H and O–H groups in total. The molecule has 1 aliphatic carbocycles.